The van der Waals surface area contributed by atoms with E-state index in [0.717, 1.165) is 32.0 Å². The highest BCUT2D eigenvalue weighted by molar-refractivity contribution is 5.32. The second-order valence-electron chi connectivity index (χ2n) is 6.28. The molecule has 2 heterocycles. The maximum absolute atomic E-state index is 13.9. The van der Waals surface area contributed by atoms with Gasteiger partial charge in [-0.3, -0.25) is 4.90 Å². The molecule has 0 bridgehead atoms. The third-order valence-corrected chi connectivity index (χ3v) is 4.58. The van der Waals surface area contributed by atoms with Gasteiger partial charge in [0, 0.05) is 50.1 Å². The van der Waals surface area contributed by atoms with Crippen LogP contribution in [0.3, 0.4) is 0 Å². The summed E-state index contributed by atoms with van der Waals surface area (Å²) in [4.78, 5) is 12.9. The van der Waals surface area contributed by atoms with Crippen LogP contribution < -0.4 is 9.64 Å². The summed E-state index contributed by atoms with van der Waals surface area (Å²) >= 11 is 0. The fraction of sp³-hybridized carbons (Fsp3) is 0.444. The lowest BCUT2D eigenvalue weighted by Gasteiger charge is -2.37. The van der Waals surface area contributed by atoms with E-state index in [-0.39, 0.29) is 6.04 Å². The fourth-order valence-electron chi connectivity index (χ4n) is 3.16. The van der Waals surface area contributed by atoms with E-state index in [4.69, 9.17) is 4.74 Å². The van der Waals surface area contributed by atoms with E-state index in [2.05, 4.69) is 14.9 Å². The molecule has 0 radical (unpaired) electrons. The molecule has 1 aromatic carbocycles. The van der Waals surface area contributed by atoms with Gasteiger partial charge in [-0.15, -0.1) is 0 Å². The van der Waals surface area contributed by atoms with Crippen LogP contribution in [0.1, 0.15) is 18.4 Å². The maximum atomic E-state index is 13.9. The van der Waals surface area contributed by atoms with E-state index in [1.165, 1.54) is 12.1 Å². The number of methoxy groups -OCH3 is 1. The molecular formula is C18H22F2N4O. The molecule has 1 aliphatic rings. The number of ether oxygens (including phenoxy) is 1. The number of aromatic nitrogens is 2. The lowest BCUT2D eigenvalue weighted by atomic mass is 10.0. The minimum absolute atomic E-state index is 0.226. The van der Waals surface area contributed by atoms with E-state index in [0.29, 0.717) is 23.9 Å². The van der Waals surface area contributed by atoms with Crippen molar-refractivity contribution < 1.29 is 13.5 Å². The second kappa shape index (κ2) is 7.74. The van der Waals surface area contributed by atoms with Crippen molar-refractivity contribution in [3.8, 4) is 5.88 Å². The molecule has 1 aromatic heterocycles. The Morgan fingerprint density at radius 1 is 1.32 bits per heavy atom. The predicted molar refractivity (Wildman–Crippen MR) is 91.6 cm³/mol. The standard InChI is InChI=1S/C18H22F2N4O/c1-23(18-21-8-7-17(22-18)25-2)15-4-3-9-24(12-15)11-13-5-6-14(19)10-16(13)20/h5-8,10,15H,3-4,9,11-12H2,1-2H3. The smallest absolute Gasteiger partial charge is 0.228 e. The Bertz CT molecular complexity index is 728. The molecule has 1 atom stereocenters. The van der Waals surface area contributed by atoms with Crippen molar-refractivity contribution >= 4 is 5.95 Å². The zero-order valence-corrected chi connectivity index (χ0v) is 14.5. The van der Waals surface area contributed by atoms with Gasteiger partial charge in [-0.05, 0) is 25.5 Å². The zero-order chi connectivity index (χ0) is 17.8. The molecule has 1 saturated heterocycles. The summed E-state index contributed by atoms with van der Waals surface area (Å²) in [6, 6.07) is 5.69. The first kappa shape index (κ1) is 17.5. The monoisotopic (exact) mass is 348 g/mol. The summed E-state index contributed by atoms with van der Waals surface area (Å²) in [5.41, 5.74) is 0.516. The highest BCUT2D eigenvalue weighted by Gasteiger charge is 2.25. The highest BCUT2D eigenvalue weighted by Crippen LogP contribution is 2.22. The maximum Gasteiger partial charge on any atom is 0.228 e. The number of likely N-dealkylation sites (N-methyl/N-ethyl adjacent to an activating group) is 1. The zero-order valence-electron chi connectivity index (χ0n) is 14.5. The minimum Gasteiger partial charge on any atom is -0.481 e. The summed E-state index contributed by atoms with van der Waals surface area (Å²) in [5, 5.41) is 0. The molecule has 0 spiro atoms. The van der Waals surface area contributed by atoms with Crippen LogP contribution in [0.5, 0.6) is 5.88 Å². The molecule has 0 aliphatic carbocycles. The van der Waals surface area contributed by atoms with Gasteiger partial charge in [0.15, 0.2) is 0 Å². The molecule has 25 heavy (non-hydrogen) atoms. The second-order valence-corrected chi connectivity index (χ2v) is 6.28. The van der Waals surface area contributed by atoms with Crippen LogP contribution in [-0.2, 0) is 6.54 Å². The van der Waals surface area contributed by atoms with E-state index in [9.17, 15) is 8.78 Å². The molecule has 1 fully saturated rings. The average Bonchev–Trinajstić information content (AvgIpc) is 2.64. The first-order valence-corrected chi connectivity index (χ1v) is 8.33. The van der Waals surface area contributed by atoms with Crippen LogP contribution in [-0.4, -0.2) is 48.2 Å². The summed E-state index contributed by atoms with van der Waals surface area (Å²) < 4.78 is 32.1. The Hall–Kier alpha value is -2.28. The van der Waals surface area contributed by atoms with Crippen LogP contribution in [0.25, 0.3) is 0 Å². The fourth-order valence-corrected chi connectivity index (χ4v) is 3.16. The molecule has 2 aromatic rings. The SMILES string of the molecule is COc1ccnc(N(C)C2CCCN(Cc3ccc(F)cc3F)C2)n1. The van der Waals surface area contributed by atoms with E-state index in [1.54, 1.807) is 19.4 Å². The van der Waals surface area contributed by atoms with Gasteiger partial charge in [-0.2, -0.15) is 4.98 Å². The third kappa shape index (κ3) is 4.22. The number of benzene rings is 1. The summed E-state index contributed by atoms with van der Waals surface area (Å²) in [6.45, 7) is 2.13. The summed E-state index contributed by atoms with van der Waals surface area (Å²) in [7, 11) is 3.53. The van der Waals surface area contributed by atoms with Gasteiger partial charge >= 0.3 is 0 Å². The van der Waals surface area contributed by atoms with Crippen molar-refractivity contribution in [1.29, 1.82) is 0 Å². The van der Waals surface area contributed by atoms with Gasteiger partial charge in [0.2, 0.25) is 11.8 Å². The van der Waals surface area contributed by atoms with Gasteiger partial charge in [0.1, 0.15) is 11.6 Å². The molecule has 5 nitrogen and oxygen atoms in total. The minimum atomic E-state index is -0.548. The molecule has 0 amide bonds. The van der Waals surface area contributed by atoms with Gasteiger partial charge in [-0.25, -0.2) is 13.8 Å². The first-order chi connectivity index (χ1) is 12.1. The molecule has 1 unspecified atom stereocenters. The Morgan fingerprint density at radius 2 is 2.16 bits per heavy atom. The van der Waals surface area contributed by atoms with Crippen molar-refractivity contribution in [1.82, 2.24) is 14.9 Å². The summed E-state index contributed by atoms with van der Waals surface area (Å²) in [6.07, 6.45) is 3.69. The molecular weight excluding hydrogens is 326 g/mol. The van der Waals surface area contributed by atoms with Gasteiger partial charge < -0.3 is 9.64 Å². The van der Waals surface area contributed by atoms with Crippen molar-refractivity contribution in [2.24, 2.45) is 0 Å². The topological polar surface area (TPSA) is 41.5 Å². The Morgan fingerprint density at radius 3 is 2.92 bits per heavy atom. The lowest BCUT2D eigenvalue weighted by molar-refractivity contribution is 0.195. The number of likely N-dealkylation sites (tertiary alicyclic amines) is 1. The van der Waals surface area contributed by atoms with Crippen molar-refractivity contribution in [3.05, 3.63) is 47.7 Å². The van der Waals surface area contributed by atoms with Crippen LogP contribution in [0.4, 0.5) is 14.7 Å². The quantitative estimate of drug-likeness (QED) is 0.831. The largest absolute Gasteiger partial charge is 0.481 e. The number of hydrogen-bond donors (Lipinski definition) is 0. The number of hydrogen-bond acceptors (Lipinski definition) is 5. The third-order valence-electron chi connectivity index (χ3n) is 4.58. The van der Waals surface area contributed by atoms with Gasteiger partial charge in [0.25, 0.3) is 0 Å². The van der Waals surface area contributed by atoms with Crippen molar-refractivity contribution in [2.45, 2.75) is 25.4 Å². The highest BCUT2D eigenvalue weighted by atomic mass is 19.1. The van der Waals surface area contributed by atoms with E-state index >= 15 is 0 Å². The number of rotatable bonds is 5. The van der Waals surface area contributed by atoms with Crippen molar-refractivity contribution in [3.63, 3.8) is 0 Å². The molecule has 0 saturated carbocycles. The Balaban J connectivity index is 1.67. The molecule has 0 N–H and O–H groups in total. The van der Waals surface area contributed by atoms with Crippen LogP contribution in [0, 0.1) is 11.6 Å². The van der Waals surface area contributed by atoms with Crippen LogP contribution in [0.2, 0.25) is 0 Å². The van der Waals surface area contributed by atoms with E-state index < -0.39 is 11.6 Å². The summed E-state index contributed by atoms with van der Waals surface area (Å²) in [5.74, 6) is 0.0938. The lowest BCUT2D eigenvalue weighted by Crippen LogP contribution is -2.46. The Labute approximate surface area is 146 Å². The Kier molecular flexibility index (Phi) is 5.43. The van der Waals surface area contributed by atoms with E-state index in [1.807, 2.05) is 11.9 Å². The van der Waals surface area contributed by atoms with Gasteiger partial charge in [0.05, 0.1) is 7.11 Å². The molecule has 134 valence electrons. The number of nitrogens with zero attached hydrogens (tertiary/aromatic N) is 4. The number of piperidine rings is 1. The van der Waals surface area contributed by atoms with Gasteiger partial charge in [-0.1, -0.05) is 6.07 Å². The first-order valence-electron chi connectivity index (χ1n) is 8.33. The molecule has 3 rings (SSSR count). The van der Waals surface area contributed by atoms with Crippen LogP contribution in [0.15, 0.2) is 30.5 Å². The normalized spacial score (nSPS) is 18.2. The van der Waals surface area contributed by atoms with Crippen molar-refractivity contribution in [2.75, 3.05) is 32.1 Å². The number of halogens is 2. The number of anilines is 1. The molecule has 7 heteroatoms. The average molecular weight is 348 g/mol. The molecule has 1 aliphatic heterocycles. The predicted octanol–water partition coefficient (Wildman–Crippen LogP) is 2.86. The van der Waals surface area contributed by atoms with Crippen LogP contribution >= 0.6 is 0 Å².